The quantitative estimate of drug-likeness (QED) is 0.775. The second-order valence-corrected chi connectivity index (χ2v) is 5.15. The number of hydrogen-bond donors (Lipinski definition) is 0. The minimum absolute atomic E-state index is 0.0346. The summed E-state index contributed by atoms with van der Waals surface area (Å²) in [7, 11) is 0. The van der Waals surface area contributed by atoms with Crippen molar-refractivity contribution in [2.75, 3.05) is 23.3 Å². The lowest BCUT2D eigenvalue weighted by molar-refractivity contribution is -0.141. The van der Waals surface area contributed by atoms with E-state index in [9.17, 15) is 13.2 Å². The fourth-order valence-corrected chi connectivity index (χ4v) is 2.43. The first-order valence-electron chi connectivity index (χ1n) is 5.91. The topological polar surface area (TPSA) is 25.4 Å². The van der Waals surface area contributed by atoms with E-state index >= 15 is 0 Å². The molecule has 3 nitrogen and oxygen atoms in total. The number of anilines is 1. The number of nitrogens with zero attached hydrogens (tertiary/aromatic N) is 2. The molecule has 1 aliphatic rings. The van der Waals surface area contributed by atoms with Gasteiger partial charge in [0.25, 0.3) is 0 Å². The van der Waals surface area contributed by atoms with Gasteiger partial charge in [-0.15, -0.1) is 0 Å². The molecule has 1 aromatic heterocycles. The highest BCUT2D eigenvalue weighted by molar-refractivity contribution is 9.09. The van der Waals surface area contributed by atoms with E-state index in [1.54, 1.807) is 6.07 Å². The second-order valence-electron chi connectivity index (χ2n) is 4.51. The van der Waals surface area contributed by atoms with E-state index in [4.69, 9.17) is 4.74 Å². The molecule has 2 unspecified atom stereocenters. The van der Waals surface area contributed by atoms with Crippen molar-refractivity contribution < 1.29 is 17.9 Å². The molecule has 1 aromatic rings. The van der Waals surface area contributed by atoms with Crippen LogP contribution in [0.1, 0.15) is 12.6 Å². The Kier molecular flexibility index (Phi) is 4.35. The minimum atomic E-state index is -4.41. The second kappa shape index (κ2) is 5.66. The maximum Gasteiger partial charge on any atom is 0.433 e. The van der Waals surface area contributed by atoms with Gasteiger partial charge in [-0.3, -0.25) is 0 Å². The minimum Gasteiger partial charge on any atom is -0.371 e. The number of aromatic nitrogens is 1. The van der Waals surface area contributed by atoms with Gasteiger partial charge in [-0.05, 0) is 19.1 Å². The Labute approximate surface area is 117 Å². The van der Waals surface area contributed by atoms with E-state index in [0.29, 0.717) is 24.2 Å². The van der Waals surface area contributed by atoms with Crippen molar-refractivity contribution in [3.63, 3.8) is 0 Å². The van der Waals surface area contributed by atoms with Crippen LogP contribution in [0, 0.1) is 0 Å². The molecule has 2 heterocycles. The molecule has 0 saturated carbocycles. The highest BCUT2D eigenvalue weighted by Crippen LogP contribution is 2.29. The average molecular weight is 339 g/mol. The predicted octanol–water partition coefficient (Wildman–Crippen LogP) is 3.09. The molecular weight excluding hydrogens is 325 g/mol. The first kappa shape index (κ1) is 14.6. The first-order valence-corrected chi connectivity index (χ1v) is 7.03. The van der Waals surface area contributed by atoms with Gasteiger partial charge in [0.05, 0.1) is 12.2 Å². The number of hydrogen-bond acceptors (Lipinski definition) is 3. The number of pyridine rings is 1. The van der Waals surface area contributed by atoms with Gasteiger partial charge in [0.1, 0.15) is 11.5 Å². The van der Waals surface area contributed by atoms with Crippen LogP contribution in [0.2, 0.25) is 0 Å². The lowest BCUT2D eigenvalue weighted by Gasteiger charge is -2.37. The third-order valence-electron chi connectivity index (χ3n) is 2.85. The molecule has 2 atom stereocenters. The summed E-state index contributed by atoms with van der Waals surface area (Å²) >= 11 is 3.33. The average Bonchev–Trinajstić information content (AvgIpc) is 2.37. The van der Waals surface area contributed by atoms with Crippen LogP contribution in [0.5, 0.6) is 0 Å². The molecular formula is C12H14BrF3N2O. The molecule has 0 N–H and O–H groups in total. The summed E-state index contributed by atoms with van der Waals surface area (Å²) in [4.78, 5) is 5.53. The summed E-state index contributed by atoms with van der Waals surface area (Å²) < 4.78 is 43.6. The Morgan fingerprint density at radius 2 is 2.16 bits per heavy atom. The molecule has 0 amide bonds. The summed E-state index contributed by atoms with van der Waals surface area (Å²) in [6.07, 6.45) is -4.49. The zero-order valence-electron chi connectivity index (χ0n) is 10.3. The monoisotopic (exact) mass is 338 g/mol. The number of morpholine rings is 1. The highest BCUT2D eigenvalue weighted by atomic mass is 79.9. The van der Waals surface area contributed by atoms with E-state index in [2.05, 4.69) is 20.9 Å². The Balaban J connectivity index is 2.21. The van der Waals surface area contributed by atoms with E-state index in [0.717, 1.165) is 6.07 Å². The summed E-state index contributed by atoms with van der Waals surface area (Å²) in [6, 6.07) is 3.96. The van der Waals surface area contributed by atoms with Crippen molar-refractivity contribution in [1.82, 2.24) is 4.98 Å². The molecule has 0 spiro atoms. The van der Waals surface area contributed by atoms with Gasteiger partial charge in [0, 0.05) is 18.4 Å². The van der Waals surface area contributed by atoms with Crippen LogP contribution in [-0.2, 0) is 10.9 Å². The van der Waals surface area contributed by atoms with Crippen molar-refractivity contribution >= 4 is 21.7 Å². The maximum atomic E-state index is 12.6. The largest absolute Gasteiger partial charge is 0.433 e. The van der Waals surface area contributed by atoms with Crippen LogP contribution in [-0.4, -0.2) is 35.6 Å². The highest BCUT2D eigenvalue weighted by Gasteiger charge is 2.33. The molecule has 2 rings (SSSR count). The summed E-state index contributed by atoms with van der Waals surface area (Å²) in [6.45, 7) is 2.97. The Morgan fingerprint density at radius 1 is 1.42 bits per heavy atom. The zero-order chi connectivity index (χ0) is 14.0. The van der Waals surface area contributed by atoms with Crippen LogP contribution in [0.3, 0.4) is 0 Å². The van der Waals surface area contributed by atoms with Gasteiger partial charge in [-0.25, -0.2) is 4.98 Å². The van der Waals surface area contributed by atoms with Gasteiger partial charge in [-0.2, -0.15) is 13.2 Å². The maximum absolute atomic E-state index is 12.6. The molecule has 1 saturated heterocycles. The molecule has 1 aliphatic heterocycles. The van der Waals surface area contributed by atoms with Gasteiger partial charge >= 0.3 is 6.18 Å². The van der Waals surface area contributed by atoms with Gasteiger partial charge in [0.15, 0.2) is 0 Å². The molecule has 0 radical (unpaired) electrons. The molecule has 1 fully saturated rings. The zero-order valence-corrected chi connectivity index (χ0v) is 11.9. The van der Waals surface area contributed by atoms with Gasteiger partial charge < -0.3 is 9.64 Å². The van der Waals surface area contributed by atoms with Crippen LogP contribution >= 0.6 is 15.9 Å². The molecule has 0 aliphatic carbocycles. The van der Waals surface area contributed by atoms with Crippen molar-refractivity contribution in [1.29, 1.82) is 0 Å². The summed E-state index contributed by atoms with van der Waals surface area (Å²) in [5, 5.41) is 0.646. The van der Waals surface area contributed by atoms with Crippen molar-refractivity contribution in [2.45, 2.75) is 25.3 Å². The van der Waals surface area contributed by atoms with E-state index in [-0.39, 0.29) is 12.2 Å². The van der Waals surface area contributed by atoms with Crippen LogP contribution < -0.4 is 4.90 Å². The Morgan fingerprint density at radius 3 is 2.79 bits per heavy atom. The molecule has 0 bridgehead atoms. The lowest BCUT2D eigenvalue weighted by atomic mass is 10.2. The normalized spacial score (nSPS) is 24.6. The van der Waals surface area contributed by atoms with Crippen LogP contribution in [0.15, 0.2) is 18.2 Å². The van der Waals surface area contributed by atoms with Crippen molar-refractivity contribution in [2.24, 2.45) is 0 Å². The standard InChI is InChI=1S/C12H14BrF3N2O/c1-8-6-18(7-9(5-13)19-8)11-4-2-3-10(17-11)12(14,15)16/h2-4,8-9H,5-7H2,1H3. The third kappa shape index (κ3) is 3.60. The Hall–Kier alpha value is -0.820. The fourth-order valence-electron chi connectivity index (χ4n) is 2.07. The Bertz CT molecular complexity index is 441. The molecule has 7 heteroatoms. The van der Waals surface area contributed by atoms with Crippen LogP contribution in [0.25, 0.3) is 0 Å². The smallest absolute Gasteiger partial charge is 0.371 e. The number of halogens is 4. The molecule has 19 heavy (non-hydrogen) atoms. The van der Waals surface area contributed by atoms with Crippen molar-refractivity contribution in [3.05, 3.63) is 23.9 Å². The van der Waals surface area contributed by atoms with Crippen molar-refractivity contribution in [3.8, 4) is 0 Å². The van der Waals surface area contributed by atoms with E-state index < -0.39 is 11.9 Å². The number of rotatable bonds is 2. The fraction of sp³-hybridized carbons (Fsp3) is 0.583. The van der Waals surface area contributed by atoms with E-state index in [1.807, 2.05) is 11.8 Å². The third-order valence-corrected chi connectivity index (χ3v) is 3.57. The first-order chi connectivity index (χ1) is 8.90. The number of ether oxygens (including phenoxy) is 1. The molecule has 106 valence electrons. The summed E-state index contributed by atoms with van der Waals surface area (Å²) in [5.41, 5.74) is -0.862. The van der Waals surface area contributed by atoms with Gasteiger partial charge in [-0.1, -0.05) is 22.0 Å². The lowest BCUT2D eigenvalue weighted by Crippen LogP contribution is -2.47. The SMILES string of the molecule is CC1CN(c2cccc(C(F)(F)F)n2)CC(CBr)O1. The van der Waals surface area contributed by atoms with Crippen LogP contribution in [0.4, 0.5) is 19.0 Å². The van der Waals surface area contributed by atoms with Gasteiger partial charge in [0.2, 0.25) is 0 Å². The molecule has 0 aromatic carbocycles. The van der Waals surface area contributed by atoms with E-state index in [1.165, 1.54) is 6.07 Å². The predicted molar refractivity (Wildman–Crippen MR) is 69.6 cm³/mol. The number of alkyl halides is 4. The summed E-state index contributed by atoms with van der Waals surface area (Å²) in [5.74, 6) is 0.343.